The molecule has 32 heavy (non-hydrogen) atoms. The van der Waals surface area contributed by atoms with Crippen LogP contribution in [0.15, 0.2) is 53.5 Å². The van der Waals surface area contributed by atoms with Crippen LogP contribution in [0.25, 0.3) is 0 Å². The summed E-state index contributed by atoms with van der Waals surface area (Å²) in [5.74, 6) is 2.43. The summed E-state index contributed by atoms with van der Waals surface area (Å²) in [6.07, 6.45) is 2.20. The maximum Gasteiger partial charge on any atom is 0.191 e. The molecule has 0 saturated carbocycles. The molecule has 0 spiro atoms. The molecular formula is C25H37IN4O2. The molecule has 6 nitrogen and oxygen atoms in total. The monoisotopic (exact) mass is 552 g/mol. The van der Waals surface area contributed by atoms with Gasteiger partial charge in [-0.2, -0.15) is 0 Å². The highest BCUT2D eigenvalue weighted by molar-refractivity contribution is 14.0. The highest BCUT2D eigenvalue weighted by Crippen LogP contribution is 2.25. The van der Waals surface area contributed by atoms with Gasteiger partial charge in [-0.05, 0) is 44.4 Å². The summed E-state index contributed by atoms with van der Waals surface area (Å²) in [6.45, 7) is 7.89. The molecule has 1 fully saturated rings. The van der Waals surface area contributed by atoms with Gasteiger partial charge >= 0.3 is 0 Å². The molecule has 0 aliphatic carbocycles. The Morgan fingerprint density at radius 1 is 1.12 bits per heavy atom. The predicted octanol–water partition coefficient (Wildman–Crippen LogP) is 4.43. The minimum atomic E-state index is 0. The van der Waals surface area contributed by atoms with E-state index in [4.69, 9.17) is 14.5 Å². The molecule has 2 aromatic rings. The third-order valence-electron chi connectivity index (χ3n) is 5.83. The van der Waals surface area contributed by atoms with Crippen LogP contribution in [0.3, 0.4) is 0 Å². The van der Waals surface area contributed by atoms with Gasteiger partial charge in [0, 0.05) is 43.3 Å². The molecule has 0 bridgehead atoms. The highest BCUT2D eigenvalue weighted by atomic mass is 127. The van der Waals surface area contributed by atoms with Gasteiger partial charge in [0.1, 0.15) is 11.5 Å². The second-order valence-corrected chi connectivity index (χ2v) is 8.04. The maximum atomic E-state index is 5.51. The fourth-order valence-corrected chi connectivity index (χ4v) is 4.06. The highest BCUT2D eigenvalue weighted by Gasteiger charge is 2.26. The quantitative estimate of drug-likeness (QED) is 0.289. The molecule has 1 aliphatic heterocycles. The molecular weight excluding hydrogens is 515 g/mol. The van der Waals surface area contributed by atoms with Crippen molar-refractivity contribution in [1.82, 2.24) is 15.5 Å². The Labute approximate surface area is 209 Å². The second kappa shape index (κ2) is 13.5. The number of nitrogens with one attached hydrogen (secondary N) is 2. The predicted molar refractivity (Wildman–Crippen MR) is 142 cm³/mol. The van der Waals surface area contributed by atoms with Crippen molar-refractivity contribution in [2.24, 2.45) is 4.99 Å². The number of guanidine groups is 1. The number of halogens is 1. The van der Waals surface area contributed by atoms with Gasteiger partial charge in [-0.3, -0.25) is 4.90 Å². The number of methoxy groups -OCH3 is 2. The van der Waals surface area contributed by atoms with Crippen molar-refractivity contribution in [3.8, 4) is 11.5 Å². The van der Waals surface area contributed by atoms with Crippen LogP contribution in [0.4, 0.5) is 0 Å². The van der Waals surface area contributed by atoms with E-state index in [1.54, 1.807) is 14.2 Å². The minimum Gasteiger partial charge on any atom is -0.497 e. The number of likely N-dealkylation sites (tertiary alicyclic amines) is 1. The van der Waals surface area contributed by atoms with Crippen LogP contribution in [0.5, 0.6) is 11.5 Å². The van der Waals surface area contributed by atoms with Gasteiger partial charge in [-0.1, -0.05) is 30.3 Å². The minimum absolute atomic E-state index is 0. The van der Waals surface area contributed by atoms with E-state index in [2.05, 4.69) is 59.7 Å². The Hall–Kier alpha value is -2.00. The third-order valence-corrected chi connectivity index (χ3v) is 5.83. The van der Waals surface area contributed by atoms with Crippen LogP contribution >= 0.6 is 24.0 Å². The smallest absolute Gasteiger partial charge is 0.191 e. The van der Waals surface area contributed by atoms with E-state index in [-0.39, 0.29) is 24.0 Å². The molecule has 0 radical (unpaired) electrons. The Kier molecular flexibility index (Phi) is 11.1. The molecule has 7 heteroatoms. The molecule has 2 aromatic carbocycles. The number of hydrogen-bond acceptors (Lipinski definition) is 4. The third kappa shape index (κ3) is 7.55. The molecule has 2 atom stereocenters. The fourth-order valence-electron chi connectivity index (χ4n) is 4.06. The zero-order chi connectivity index (χ0) is 22.1. The van der Waals surface area contributed by atoms with Crippen molar-refractivity contribution < 1.29 is 9.47 Å². The van der Waals surface area contributed by atoms with Gasteiger partial charge in [0.05, 0.1) is 20.8 Å². The lowest BCUT2D eigenvalue weighted by molar-refractivity contribution is 0.134. The number of benzene rings is 2. The first kappa shape index (κ1) is 26.3. The van der Waals surface area contributed by atoms with Crippen molar-refractivity contribution in [3.05, 3.63) is 59.7 Å². The first-order valence-corrected chi connectivity index (χ1v) is 11.2. The zero-order valence-electron chi connectivity index (χ0n) is 19.6. The number of hydrogen-bond donors (Lipinski definition) is 2. The SMILES string of the molecule is CCNC(=NCc1ccc(OC)cc1OC)NC1CCN(Cc2ccccc2)C(C)C1.I. The van der Waals surface area contributed by atoms with E-state index in [0.29, 0.717) is 18.6 Å². The normalized spacial score (nSPS) is 19.1. The van der Waals surface area contributed by atoms with Crippen LogP contribution in [0.2, 0.25) is 0 Å². The summed E-state index contributed by atoms with van der Waals surface area (Å²) in [4.78, 5) is 7.38. The lowest BCUT2D eigenvalue weighted by Crippen LogP contribution is -2.51. The Morgan fingerprint density at radius 3 is 2.56 bits per heavy atom. The van der Waals surface area contributed by atoms with Crippen LogP contribution in [-0.4, -0.2) is 50.3 Å². The number of piperidine rings is 1. The van der Waals surface area contributed by atoms with Gasteiger partial charge < -0.3 is 20.1 Å². The largest absolute Gasteiger partial charge is 0.497 e. The van der Waals surface area contributed by atoms with E-state index < -0.39 is 0 Å². The summed E-state index contributed by atoms with van der Waals surface area (Å²) in [7, 11) is 3.34. The Morgan fingerprint density at radius 2 is 1.91 bits per heavy atom. The van der Waals surface area contributed by atoms with Crippen LogP contribution in [-0.2, 0) is 13.1 Å². The molecule has 2 unspecified atom stereocenters. The number of ether oxygens (including phenoxy) is 2. The molecule has 1 saturated heterocycles. The van der Waals surface area contributed by atoms with E-state index in [1.807, 2.05) is 18.2 Å². The average Bonchev–Trinajstić information content (AvgIpc) is 2.80. The lowest BCUT2D eigenvalue weighted by Gasteiger charge is -2.38. The molecule has 1 heterocycles. The van der Waals surface area contributed by atoms with Crippen molar-refractivity contribution in [2.75, 3.05) is 27.3 Å². The molecule has 0 aromatic heterocycles. The zero-order valence-corrected chi connectivity index (χ0v) is 22.0. The number of aliphatic imine (C=N–C) groups is 1. The van der Waals surface area contributed by atoms with Gasteiger partial charge in [-0.25, -0.2) is 4.99 Å². The van der Waals surface area contributed by atoms with Crippen molar-refractivity contribution in [2.45, 2.75) is 51.9 Å². The summed E-state index contributed by atoms with van der Waals surface area (Å²) < 4.78 is 10.8. The summed E-state index contributed by atoms with van der Waals surface area (Å²) in [5.41, 5.74) is 2.41. The van der Waals surface area contributed by atoms with Crippen LogP contribution < -0.4 is 20.1 Å². The van der Waals surface area contributed by atoms with E-state index >= 15 is 0 Å². The number of nitrogens with zero attached hydrogens (tertiary/aromatic N) is 2. The summed E-state index contributed by atoms with van der Waals surface area (Å²) in [5, 5.41) is 7.03. The van der Waals surface area contributed by atoms with Gasteiger partial charge in [-0.15, -0.1) is 24.0 Å². The topological polar surface area (TPSA) is 58.1 Å². The molecule has 1 aliphatic rings. The van der Waals surface area contributed by atoms with Crippen molar-refractivity contribution in [1.29, 1.82) is 0 Å². The fraction of sp³-hybridized carbons (Fsp3) is 0.480. The van der Waals surface area contributed by atoms with Crippen molar-refractivity contribution >= 4 is 29.9 Å². The Balaban J connectivity index is 0.00000363. The van der Waals surface area contributed by atoms with Crippen LogP contribution in [0, 0.1) is 0 Å². The van der Waals surface area contributed by atoms with E-state index in [9.17, 15) is 0 Å². The number of rotatable bonds is 8. The maximum absolute atomic E-state index is 5.51. The molecule has 2 N–H and O–H groups in total. The lowest BCUT2D eigenvalue weighted by atomic mass is 9.97. The summed E-state index contributed by atoms with van der Waals surface area (Å²) in [6, 6.07) is 17.5. The first-order valence-electron chi connectivity index (χ1n) is 11.2. The standard InChI is InChI=1S/C25H36N4O2.HI/c1-5-26-25(27-17-21-11-12-23(30-3)16-24(21)31-4)28-22-13-14-29(19(2)15-22)18-20-9-7-6-8-10-20;/h6-12,16,19,22H,5,13-15,17-18H2,1-4H3,(H2,26,27,28);1H. The Bertz CT molecular complexity index is 847. The first-order chi connectivity index (χ1) is 15.1. The second-order valence-electron chi connectivity index (χ2n) is 8.04. The summed E-state index contributed by atoms with van der Waals surface area (Å²) >= 11 is 0. The van der Waals surface area contributed by atoms with E-state index in [1.165, 1.54) is 5.56 Å². The van der Waals surface area contributed by atoms with Crippen LogP contribution in [0.1, 0.15) is 37.8 Å². The average molecular weight is 553 g/mol. The molecule has 3 rings (SSSR count). The van der Waals surface area contributed by atoms with Crippen molar-refractivity contribution in [3.63, 3.8) is 0 Å². The van der Waals surface area contributed by atoms with Gasteiger partial charge in [0.15, 0.2) is 5.96 Å². The molecule has 0 amide bonds. The van der Waals surface area contributed by atoms with E-state index in [0.717, 1.165) is 55.5 Å². The molecule has 176 valence electrons. The van der Waals surface area contributed by atoms with Gasteiger partial charge in [0.25, 0.3) is 0 Å². The van der Waals surface area contributed by atoms with Gasteiger partial charge in [0.2, 0.25) is 0 Å².